The van der Waals surface area contributed by atoms with Crippen LogP contribution in [0.4, 0.5) is 5.69 Å². The molecule has 1 N–H and O–H groups in total. The lowest BCUT2D eigenvalue weighted by Crippen LogP contribution is -2.22. The van der Waals surface area contributed by atoms with Gasteiger partial charge in [0.15, 0.2) is 0 Å². The van der Waals surface area contributed by atoms with Crippen LogP contribution in [0.25, 0.3) is 0 Å². The third-order valence-corrected chi connectivity index (χ3v) is 3.12. The van der Waals surface area contributed by atoms with Crippen molar-refractivity contribution >= 4 is 5.69 Å². The van der Waals surface area contributed by atoms with E-state index in [1.54, 1.807) is 0 Å². The first-order valence-electron chi connectivity index (χ1n) is 6.81. The molecule has 0 aromatic heterocycles. The van der Waals surface area contributed by atoms with Crippen molar-refractivity contribution in [2.24, 2.45) is 0 Å². The second kappa shape index (κ2) is 8.11. The molecule has 0 aliphatic carbocycles. The van der Waals surface area contributed by atoms with Crippen LogP contribution in [0.3, 0.4) is 0 Å². The fraction of sp³-hybridized carbons (Fsp3) is 0.600. The monoisotopic (exact) mass is 250 g/mol. The topological polar surface area (TPSA) is 24.5 Å². The Hall–Kier alpha value is -1.06. The smallest absolute Gasteiger partial charge is 0.0641 e. The molecule has 0 saturated heterocycles. The summed E-state index contributed by atoms with van der Waals surface area (Å²) in [6.07, 6.45) is 0. The molecule has 1 aromatic carbocycles. The van der Waals surface area contributed by atoms with Crippen LogP contribution in [0.5, 0.6) is 0 Å². The van der Waals surface area contributed by atoms with Gasteiger partial charge < -0.3 is 15.0 Å². The van der Waals surface area contributed by atoms with Crippen molar-refractivity contribution in [3.05, 3.63) is 29.8 Å². The minimum Gasteiger partial charge on any atom is -0.380 e. The van der Waals surface area contributed by atoms with E-state index >= 15 is 0 Å². The number of likely N-dealkylation sites (N-methyl/N-ethyl adjacent to an activating group) is 1. The molecule has 0 saturated carbocycles. The molecule has 102 valence electrons. The molecule has 1 rings (SSSR count). The van der Waals surface area contributed by atoms with Crippen molar-refractivity contribution in [3.8, 4) is 0 Å². The highest BCUT2D eigenvalue weighted by Gasteiger charge is 2.05. The average molecular weight is 250 g/mol. The molecule has 3 heteroatoms. The van der Waals surface area contributed by atoms with Crippen LogP contribution >= 0.6 is 0 Å². The Morgan fingerprint density at radius 1 is 1.22 bits per heavy atom. The summed E-state index contributed by atoms with van der Waals surface area (Å²) in [5.74, 6) is 0. The first-order chi connectivity index (χ1) is 8.69. The molecule has 0 amide bonds. The molecular weight excluding hydrogens is 224 g/mol. The number of anilines is 1. The molecular formula is C15H26N2O. The lowest BCUT2D eigenvalue weighted by atomic mass is 10.1. The zero-order chi connectivity index (χ0) is 13.4. The number of hydrogen-bond acceptors (Lipinski definition) is 3. The minimum absolute atomic E-state index is 0.415. The van der Waals surface area contributed by atoms with Crippen LogP contribution in [-0.4, -0.2) is 33.4 Å². The summed E-state index contributed by atoms with van der Waals surface area (Å²) < 4.78 is 5.37. The van der Waals surface area contributed by atoms with Gasteiger partial charge >= 0.3 is 0 Å². The maximum Gasteiger partial charge on any atom is 0.0641 e. The molecule has 1 atom stereocenters. The second-order valence-electron chi connectivity index (χ2n) is 4.49. The normalized spacial score (nSPS) is 12.4. The number of rotatable bonds is 8. The van der Waals surface area contributed by atoms with E-state index in [-0.39, 0.29) is 0 Å². The van der Waals surface area contributed by atoms with Crippen molar-refractivity contribution in [1.82, 2.24) is 5.32 Å². The highest BCUT2D eigenvalue weighted by Crippen LogP contribution is 2.18. The molecule has 1 unspecified atom stereocenters. The van der Waals surface area contributed by atoms with Crippen LogP contribution in [0.2, 0.25) is 0 Å². The molecule has 0 bridgehead atoms. The van der Waals surface area contributed by atoms with E-state index in [4.69, 9.17) is 4.74 Å². The molecule has 0 spiro atoms. The number of ether oxygens (including phenoxy) is 1. The van der Waals surface area contributed by atoms with Gasteiger partial charge in [0.05, 0.1) is 6.61 Å². The van der Waals surface area contributed by atoms with E-state index in [1.165, 1.54) is 11.3 Å². The molecule has 0 aliphatic heterocycles. The largest absolute Gasteiger partial charge is 0.380 e. The van der Waals surface area contributed by atoms with Gasteiger partial charge in [-0.3, -0.25) is 0 Å². The highest BCUT2D eigenvalue weighted by atomic mass is 16.5. The van der Waals surface area contributed by atoms with Gasteiger partial charge in [0.1, 0.15) is 0 Å². The SMILES string of the molecule is CCNC(C)c1ccc(N(C)CCOCC)cc1. The predicted molar refractivity (Wildman–Crippen MR) is 78.3 cm³/mol. The molecule has 1 aromatic rings. The number of benzene rings is 1. The van der Waals surface area contributed by atoms with Crippen molar-refractivity contribution in [1.29, 1.82) is 0 Å². The first-order valence-corrected chi connectivity index (χ1v) is 6.81. The Morgan fingerprint density at radius 2 is 1.89 bits per heavy atom. The second-order valence-corrected chi connectivity index (χ2v) is 4.49. The van der Waals surface area contributed by atoms with Crippen molar-refractivity contribution in [2.45, 2.75) is 26.8 Å². The fourth-order valence-electron chi connectivity index (χ4n) is 1.92. The molecule has 18 heavy (non-hydrogen) atoms. The Kier molecular flexibility index (Phi) is 6.76. The molecule has 0 aliphatic rings. The van der Waals surface area contributed by atoms with Gasteiger partial charge in [-0.1, -0.05) is 19.1 Å². The van der Waals surface area contributed by atoms with Gasteiger partial charge in [0.25, 0.3) is 0 Å². The van der Waals surface area contributed by atoms with E-state index in [2.05, 4.69) is 55.4 Å². The Balaban J connectivity index is 2.53. The Bertz CT molecular complexity index is 324. The first kappa shape index (κ1) is 15.0. The van der Waals surface area contributed by atoms with Crippen molar-refractivity contribution < 1.29 is 4.74 Å². The summed E-state index contributed by atoms with van der Waals surface area (Å²) in [6, 6.07) is 9.15. The molecule has 3 nitrogen and oxygen atoms in total. The van der Waals surface area contributed by atoms with Gasteiger partial charge in [0, 0.05) is 31.9 Å². The van der Waals surface area contributed by atoms with Crippen LogP contribution in [0, 0.1) is 0 Å². The Morgan fingerprint density at radius 3 is 2.44 bits per heavy atom. The summed E-state index contributed by atoms with van der Waals surface area (Å²) in [5.41, 5.74) is 2.57. The quantitative estimate of drug-likeness (QED) is 0.718. The third kappa shape index (κ3) is 4.67. The summed E-state index contributed by atoms with van der Waals surface area (Å²) in [7, 11) is 2.10. The van der Waals surface area contributed by atoms with E-state index in [9.17, 15) is 0 Å². The molecule has 0 fully saturated rings. The van der Waals surface area contributed by atoms with Gasteiger partial charge in [-0.15, -0.1) is 0 Å². The lowest BCUT2D eigenvalue weighted by molar-refractivity contribution is 0.154. The third-order valence-electron chi connectivity index (χ3n) is 3.12. The van der Waals surface area contributed by atoms with E-state index in [1.807, 2.05) is 6.92 Å². The standard InChI is InChI=1S/C15H26N2O/c1-5-16-13(3)14-7-9-15(10-8-14)17(4)11-12-18-6-2/h7-10,13,16H,5-6,11-12H2,1-4H3. The maximum atomic E-state index is 5.37. The Labute approximate surface area is 111 Å². The summed E-state index contributed by atoms with van der Waals surface area (Å²) >= 11 is 0. The lowest BCUT2D eigenvalue weighted by Gasteiger charge is -2.20. The van der Waals surface area contributed by atoms with Crippen LogP contribution in [-0.2, 0) is 4.74 Å². The van der Waals surface area contributed by atoms with Gasteiger partial charge in [-0.05, 0) is 38.1 Å². The summed E-state index contributed by atoms with van der Waals surface area (Å²) in [5, 5.41) is 3.42. The van der Waals surface area contributed by atoms with Crippen molar-refractivity contribution in [3.63, 3.8) is 0 Å². The van der Waals surface area contributed by atoms with Gasteiger partial charge in [-0.25, -0.2) is 0 Å². The van der Waals surface area contributed by atoms with Crippen LogP contribution in [0.15, 0.2) is 24.3 Å². The summed E-state index contributed by atoms with van der Waals surface area (Å²) in [6.45, 7) is 9.84. The molecule has 0 radical (unpaired) electrons. The van der Waals surface area contributed by atoms with Gasteiger partial charge in [0.2, 0.25) is 0 Å². The van der Waals surface area contributed by atoms with Gasteiger partial charge in [-0.2, -0.15) is 0 Å². The number of nitrogens with one attached hydrogen (secondary N) is 1. The minimum atomic E-state index is 0.415. The van der Waals surface area contributed by atoms with E-state index in [0.717, 1.165) is 26.3 Å². The summed E-state index contributed by atoms with van der Waals surface area (Å²) in [4.78, 5) is 2.22. The van der Waals surface area contributed by atoms with Crippen LogP contribution in [0.1, 0.15) is 32.4 Å². The zero-order valence-corrected chi connectivity index (χ0v) is 12.1. The fourth-order valence-corrected chi connectivity index (χ4v) is 1.92. The van der Waals surface area contributed by atoms with E-state index in [0.29, 0.717) is 6.04 Å². The predicted octanol–water partition coefficient (Wildman–Crippen LogP) is 2.83. The van der Waals surface area contributed by atoms with E-state index < -0.39 is 0 Å². The molecule has 0 heterocycles. The zero-order valence-electron chi connectivity index (χ0n) is 12.1. The van der Waals surface area contributed by atoms with Crippen LogP contribution < -0.4 is 10.2 Å². The number of hydrogen-bond donors (Lipinski definition) is 1. The van der Waals surface area contributed by atoms with Crippen molar-refractivity contribution in [2.75, 3.05) is 38.3 Å². The average Bonchev–Trinajstić information content (AvgIpc) is 2.39. The number of nitrogens with zero attached hydrogens (tertiary/aromatic N) is 1. The maximum absolute atomic E-state index is 5.37. The highest BCUT2D eigenvalue weighted by molar-refractivity contribution is 5.47.